The van der Waals surface area contributed by atoms with E-state index in [1.54, 1.807) is 24.3 Å². The Labute approximate surface area is 152 Å². The van der Waals surface area contributed by atoms with Crippen molar-refractivity contribution in [3.8, 4) is 17.2 Å². The van der Waals surface area contributed by atoms with Gasteiger partial charge in [-0.25, -0.2) is 4.39 Å². The van der Waals surface area contributed by atoms with Gasteiger partial charge in [-0.1, -0.05) is 12.1 Å². The molecule has 0 aliphatic heterocycles. The zero-order valence-corrected chi connectivity index (χ0v) is 15.3. The van der Waals surface area contributed by atoms with E-state index in [1.165, 1.54) is 33.5 Å². The molecule has 0 fully saturated rings. The first-order chi connectivity index (χ1) is 12.5. The second-order valence-electron chi connectivity index (χ2n) is 5.61. The SMILES string of the molecule is COc1cc(NCC(=O)NC(C)c2ccc(F)cc2)cc(OC)c1OC. The second kappa shape index (κ2) is 8.94. The van der Waals surface area contributed by atoms with Gasteiger partial charge in [-0.3, -0.25) is 4.79 Å². The average Bonchev–Trinajstić information content (AvgIpc) is 2.65. The molecule has 0 aromatic heterocycles. The van der Waals surface area contributed by atoms with Crippen LogP contribution in [0, 0.1) is 5.82 Å². The third-order valence-corrected chi connectivity index (χ3v) is 3.87. The molecule has 26 heavy (non-hydrogen) atoms. The quantitative estimate of drug-likeness (QED) is 0.755. The van der Waals surface area contributed by atoms with Crippen LogP contribution in [-0.4, -0.2) is 33.8 Å². The van der Waals surface area contributed by atoms with Crippen LogP contribution in [-0.2, 0) is 4.79 Å². The van der Waals surface area contributed by atoms with E-state index in [9.17, 15) is 9.18 Å². The number of benzene rings is 2. The number of rotatable bonds is 8. The number of amides is 1. The average molecular weight is 362 g/mol. The minimum atomic E-state index is -0.309. The molecule has 0 radical (unpaired) electrons. The van der Waals surface area contributed by atoms with E-state index in [0.29, 0.717) is 22.9 Å². The highest BCUT2D eigenvalue weighted by Crippen LogP contribution is 2.39. The summed E-state index contributed by atoms with van der Waals surface area (Å²) < 4.78 is 28.8. The molecule has 1 amide bonds. The van der Waals surface area contributed by atoms with Crippen molar-refractivity contribution in [1.29, 1.82) is 0 Å². The van der Waals surface area contributed by atoms with Crippen molar-refractivity contribution in [1.82, 2.24) is 5.32 Å². The number of methoxy groups -OCH3 is 3. The first-order valence-corrected chi connectivity index (χ1v) is 8.07. The normalized spacial score (nSPS) is 11.4. The van der Waals surface area contributed by atoms with Gasteiger partial charge in [-0.05, 0) is 24.6 Å². The van der Waals surface area contributed by atoms with Crippen LogP contribution in [0.25, 0.3) is 0 Å². The van der Waals surface area contributed by atoms with Crippen molar-refractivity contribution in [3.05, 3.63) is 47.8 Å². The molecule has 0 aliphatic rings. The summed E-state index contributed by atoms with van der Waals surface area (Å²) in [6.45, 7) is 1.90. The van der Waals surface area contributed by atoms with E-state index in [4.69, 9.17) is 14.2 Å². The van der Waals surface area contributed by atoms with Crippen LogP contribution >= 0.6 is 0 Å². The van der Waals surface area contributed by atoms with Crippen molar-refractivity contribution in [2.24, 2.45) is 0 Å². The summed E-state index contributed by atoms with van der Waals surface area (Å²) in [6.07, 6.45) is 0. The molecular formula is C19H23FN2O4. The summed E-state index contributed by atoms with van der Waals surface area (Å²) in [5.74, 6) is 0.964. The Morgan fingerprint density at radius 3 is 2.12 bits per heavy atom. The van der Waals surface area contributed by atoms with Crippen LogP contribution < -0.4 is 24.8 Å². The first-order valence-electron chi connectivity index (χ1n) is 8.07. The summed E-state index contributed by atoms with van der Waals surface area (Å²) in [5, 5.41) is 5.88. The highest BCUT2D eigenvalue weighted by Gasteiger charge is 2.14. The van der Waals surface area contributed by atoms with Crippen molar-refractivity contribution in [2.45, 2.75) is 13.0 Å². The number of anilines is 1. The van der Waals surface area contributed by atoms with Crippen LogP contribution in [0.1, 0.15) is 18.5 Å². The molecule has 2 rings (SSSR count). The molecule has 1 atom stereocenters. The largest absolute Gasteiger partial charge is 0.493 e. The Balaban J connectivity index is 1.99. The first kappa shape index (κ1) is 19.4. The van der Waals surface area contributed by atoms with Gasteiger partial charge in [-0.15, -0.1) is 0 Å². The number of carbonyl (C=O) groups excluding carboxylic acids is 1. The van der Waals surface area contributed by atoms with E-state index < -0.39 is 0 Å². The lowest BCUT2D eigenvalue weighted by atomic mass is 10.1. The Hall–Kier alpha value is -2.96. The summed E-state index contributed by atoms with van der Waals surface area (Å²) in [6, 6.07) is 9.23. The number of ether oxygens (including phenoxy) is 3. The maximum Gasteiger partial charge on any atom is 0.239 e. The zero-order valence-electron chi connectivity index (χ0n) is 15.3. The lowest BCUT2D eigenvalue weighted by Gasteiger charge is -2.17. The molecule has 0 saturated heterocycles. The molecular weight excluding hydrogens is 339 g/mol. The van der Waals surface area contributed by atoms with Gasteiger partial charge in [0.2, 0.25) is 11.7 Å². The maximum absolute atomic E-state index is 13.0. The summed E-state index contributed by atoms with van der Waals surface area (Å²) in [4.78, 5) is 12.2. The zero-order chi connectivity index (χ0) is 19.1. The maximum atomic E-state index is 13.0. The van der Waals surface area contributed by atoms with E-state index in [2.05, 4.69) is 10.6 Å². The molecule has 2 aromatic rings. The topological polar surface area (TPSA) is 68.8 Å². The van der Waals surface area contributed by atoms with Gasteiger partial charge in [0, 0.05) is 17.8 Å². The number of halogens is 1. The van der Waals surface area contributed by atoms with Crippen molar-refractivity contribution >= 4 is 11.6 Å². The lowest BCUT2D eigenvalue weighted by Crippen LogP contribution is -2.32. The van der Waals surface area contributed by atoms with Crippen LogP contribution in [0.4, 0.5) is 10.1 Å². The highest BCUT2D eigenvalue weighted by molar-refractivity contribution is 5.81. The smallest absolute Gasteiger partial charge is 0.239 e. The molecule has 0 aliphatic carbocycles. The minimum absolute atomic E-state index is 0.0597. The summed E-state index contributed by atoms with van der Waals surface area (Å²) >= 11 is 0. The third-order valence-electron chi connectivity index (χ3n) is 3.87. The Morgan fingerprint density at radius 1 is 1.04 bits per heavy atom. The fourth-order valence-electron chi connectivity index (χ4n) is 2.49. The monoisotopic (exact) mass is 362 g/mol. The van der Waals surface area contributed by atoms with Gasteiger partial charge < -0.3 is 24.8 Å². The minimum Gasteiger partial charge on any atom is -0.493 e. The van der Waals surface area contributed by atoms with Gasteiger partial charge in [0.05, 0.1) is 33.9 Å². The number of nitrogens with one attached hydrogen (secondary N) is 2. The van der Waals surface area contributed by atoms with E-state index in [0.717, 1.165) is 5.56 Å². The molecule has 2 aromatic carbocycles. The van der Waals surface area contributed by atoms with Crippen molar-refractivity contribution in [3.63, 3.8) is 0 Å². The van der Waals surface area contributed by atoms with Gasteiger partial charge in [0.25, 0.3) is 0 Å². The van der Waals surface area contributed by atoms with Crippen molar-refractivity contribution in [2.75, 3.05) is 33.2 Å². The molecule has 6 nitrogen and oxygen atoms in total. The van der Waals surface area contributed by atoms with Gasteiger partial charge >= 0.3 is 0 Å². The Bertz CT molecular complexity index is 725. The third kappa shape index (κ3) is 4.78. The standard InChI is InChI=1S/C19H23FN2O4/c1-12(13-5-7-14(20)8-6-13)22-18(23)11-21-15-9-16(24-2)19(26-4)17(10-15)25-3/h5-10,12,21H,11H2,1-4H3,(H,22,23). The van der Waals surface area contributed by atoms with Gasteiger partial charge in [0.15, 0.2) is 11.5 Å². The Morgan fingerprint density at radius 2 is 1.62 bits per heavy atom. The van der Waals surface area contributed by atoms with Crippen LogP contribution in [0.15, 0.2) is 36.4 Å². The number of carbonyl (C=O) groups is 1. The van der Waals surface area contributed by atoms with Crippen LogP contribution in [0.2, 0.25) is 0 Å². The molecule has 0 bridgehead atoms. The van der Waals surface area contributed by atoms with Crippen LogP contribution in [0.3, 0.4) is 0 Å². The predicted octanol–water partition coefficient (Wildman–Crippen LogP) is 3.14. The van der Waals surface area contributed by atoms with Crippen LogP contribution in [0.5, 0.6) is 17.2 Å². The predicted molar refractivity (Wildman–Crippen MR) is 97.5 cm³/mol. The fourth-order valence-corrected chi connectivity index (χ4v) is 2.49. The molecule has 2 N–H and O–H groups in total. The summed E-state index contributed by atoms with van der Waals surface area (Å²) in [5.41, 5.74) is 1.48. The number of hydrogen-bond donors (Lipinski definition) is 2. The van der Waals surface area contributed by atoms with Gasteiger partial charge in [0.1, 0.15) is 5.82 Å². The molecule has 0 saturated carbocycles. The Kier molecular flexibility index (Phi) is 6.66. The molecule has 7 heteroatoms. The lowest BCUT2D eigenvalue weighted by molar-refractivity contribution is -0.120. The van der Waals surface area contributed by atoms with E-state index in [1.807, 2.05) is 6.92 Å². The van der Waals surface area contributed by atoms with E-state index in [-0.39, 0.29) is 24.3 Å². The van der Waals surface area contributed by atoms with E-state index >= 15 is 0 Å². The van der Waals surface area contributed by atoms with Crippen molar-refractivity contribution < 1.29 is 23.4 Å². The molecule has 0 heterocycles. The fraction of sp³-hybridized carbons (Fsp3) is 0.316. The molecule has 1 unspecified atom stereocenters. The molecule has 140 valence electrons. The molecule has 0 spiro atoms. The highest BCUT2D eigenvalue weighted by atomic mass is 19.1. The van der Waals surface area contributed by atoms with Gasteiger partial charge in [-0.2, -0.15) is 0 Å². The number of hydrogen-bond acceptors (Lipinski definition) is 5. The summed E-state index contributed by atoms with van der Waals surface area (Å²) in [7, 11) is 4.58. The second-order valence-corrected chi connectivity index (χ2v) is 5.61.